The highest BCUT2D eigenvalue weighted by molar-refractivity contribution is 6.06. The van der Waals surface area contributed by atoms with Gasteiger partial charge in [0.1, 0.15) is 5.82 Å². The molecule has 24 heavy (non-hydrogen) atoms. The van der Waals surface area contributed by atoms with Gasteiger partial charge < -0.3 is 14.5 Å². The van der Waals surface area contributed by atoms with Crippen LogP contribution in [0.1, 0.15) is 16.2 Å². The summed E-state index contributed by atoms with van der Waals surface area (Å²) in [5.41, 5.74) is 4.43. The summed E-state index contributed by atoms with van der Waals surface area (Å²) < 4.78 is 4.07. The molecule has 1 N–H and O–H groups in total. The number of anilines is 1. The van der Waals surface area contributed by atoms with E-state index in [1.54, 1.807) is 0 Å². The average molecular weight is 318 g/mol. The molecule has 0 aliphatic heterocycles. The van der Waals surface area contributed by atoms with Gasteiger partial charge in [-0.25, -0.2) is 4.98 Å². The van der Waals surface area contributed by atoms with Gasteiger partial charge in [-0.1, -0.05) is 0 Å². The van der Waals surface area contributed by atoms with Crippen LogP contribution in [-0.4, -0.2) is 20.0 Å². The van der Waals surface area contributed by atoms with Crippen molar-refractivity contribution in [2.75, 3.05) is 5.32 Å². The summed E-state index contributed by atoms with van der Waals surface area (Å²) >= 11 is 0. The molecular formula is C19H18N4O. The van der Waals surface area contributed by atoms with Crippen LogP contribution >= 0.6 is 0 Å². The van der Waals surface area contributed by atoms with E-state index >= 15 is 0 Å². The number of nitrogens with zero attached hydrogens (tertiary/aromatic N) is 3. The molecule has 2 aromatic carbocycles. The van der Waals surface area contributed by atoms with Gasteiger partial charge in [0.2, 0.25) is 0 Å². The molecule has 0 unspecified atom stereocenters. The second-order valence-electron chi connectivity index (χ2n) is 6.08. The number of aromatic nitrogens is 3. The zero-order valence-electron chi connectivity index (χ0n) is 13.9. The first kappa shape index (κ1) is 14.5. The van der Waals surface area contributed by atoms with Crippen molar-refractivity contribution in [1.82, 2.24) is 14.1 Å². The van der Waals surface area contributed by atoms with E-state index in [2.05, 4.69) is 10.3 Å². The van der Waals surface area contributed by atoms with Crippen LogP contribution in [0.3, 0.4) is 0 Å². The number of hydrogen-bond acceptors (Lipinski definition) is 2. The predicted molar refractivity (Wildman–Crippen MR) is 96.3 cm³/mol. The Morgan fingerprint density at radius 1 is 1.04 bits per heavy atom. The van der Waals surface area contributed by atoms with Crippen molar-refractivity contribution >= 4 is 33.5 Å². The van der Waals surface area contributed by atoms with Crippen LogP contribution in [0.25, 0.3) is 21.9 Å². The van der Waals surface area contributed by atoms with Crippen molar-refractivity contribution in [3.8, 4) is 0 Å². The summed E-state index contributed by atoms with van der Waals surface area (Å²) in [5.74, 6) is 0.829. The van der Waals surface area contributed by atoms with Crippen LogP contribution in [0.2, 0.25) is 0 Å². The summed E-state index contributed by atoms with van der Waals surface area (Å²) in [6, 6.07) is 13.5. The van der Waals surface area contributed by atoms with Gasteiger partial charge in [-0.2, -0.15) is 0 Å². The number of imidazole rings is 1. The second-order valence-corrected chi connectivity index (χ2v) is 6.08. The van der Waals surface area contributed by atoms with Crippen LogP contribution in [0.5, 0.6) is 0 Å². The van der Waals surface area contributed by atoms with Crippen molar-refractivity contribution in [2.24, 2.45) is 14.1 Å². The van der Waals surface area contributed by atoms with Crippen LogP contribution in [0.15, 0.2) is 48.7 Å². The van der Waals surface area contributed by atoms with Crippen LogP contribution in [0, 0.1) is 6.92 Å². The number of nitrogens with one attached hydrogen (secondary N) is 1. The molecule has 1 amide bonds. The number of benzene rings is 2. The first-order valence-corrected chi connectivity index (χ1v) is 7.82. The SMILES string of the molecule is Cc1nc2cc(NC(=O)c3ccc4c(ccn4C)c3)ccc2n1C. The van der Waals surface area contributed by atoms with Gasteiger partial charge in [0.25, 0.3) is 5.91 Å². The first-order chi connectivity index (χ1) is 11.5. The van der Waals surface area contributed by atoms with E-state index in [0.29, 0.717) is 5.56 Å². The molecule has 2 heterocycles. The number of rotatable bonds is 2. The maximum atomic E-state index is 12.5. The molecule has 0 spiro atoms. The molecule has 0 fully saturated rings. The molecular weight excluding hydrogens is 300 g/mol. The number of fused-ring (bicyclic) bond motifs is 2. The highest BCUT2D eigenvalue weighted by Crippen LogP contribution is 2.21. The number of aryl methyl sites for hydroxylation is 3. The molecule has 0 radical (unpaired) electrons. The number of carbonyl (C=O) groups excluding carboxylic acids is 1. The lowest BCUT2D eigenvalue weighted by atomic mass is 10.1. The topological polar surface area (TPSA) is 51.9 Å². The molecule has 4 rings (SSSR count). The van der Waals surface area contributed by atoms with Crippen LogP contribution < -0.4 is 5.32 Å². The number of hydrogen-bond donors (Lipinski definition) is 1. The summed E-state index contributed by atoms with van der Waals surface area (Å²) in [5, 5.41) is 4.01. The highest BCUT2D eigenvalue weighted by Gasteiger charge is 2.10. The van der Waals surface area contributed by atoms with Crippen LogP contribution in [-0.2, 0) is 14.1 Å². The molecule has 0 aliphatic rings. The summed E-state index contributed by atoms with van der Waals surface area (Å²) in [7, 11) is 3.98. The minimum absolute atomic E-state index is 0.118. The Bertz CT molecular complexity index is 1090. The normalized spacial score (nSPS) is 11.3. The third kappa shape index (κ3) is 2.25. The summed E-state index contributed by atoms with van der Waals surface area (Å²) in [6.07, 6.45) is 1.99. The fraction of sp³-hybridized carbons (Fsp3) is 0.158. The highest BCUT2D eigenvalue weighted by atomic mass is 16.1. The molecule has 0 bridgehead atoms. The van der Waals surface area contributed by atoms with Crippen molar-refractivity contribution in [3.63, 3.8) is 0 Å². The Kier molecular flexibility index (Phi) is 3.16. The molecule has 2 aromatic heterocycles. The summed E-state index contributed by atoms with van der Waals surface area (Å²) in [6.45, 7) is 1.97. The second kappa shape index (κ2) is 5.23. The molecule has 0 saturated carbocycles. The van der Waals surface area contributed by atoms with E-state index < -0.39 is 0 Å². The van der Waals surface area contributed by atoms with Gasteiger partial charge in [0.05, 0.1) is 11.0 Å². The van der Waals surface area contributed by atoms with Gasteiger partial charge in [-0.15, -0.1) is 0 Å². The van der Waals surface area contributed by atoms with E-state index in [1.165, 1.54) is 0 Å². The Morgan fingerprint density at radius 2 is 1.83 bits per heavy atom. The molecule has 0 atom stereocenters. The average Bonchev–Trinajstić information content (AvgIpc) is 3.07. The monoisotopic (exact) mass is 318 g/mol. The van der Waals surface area contributed by atoms with Crippen molar-refractivity contribution in [1.29, 1.82) is 0 Å². The first-order valence-electron chi connectivity index (χ1n) is 7.82. The maximum Gasteiger partial charge on any atom is 0.255 e. The minimum atomic E-state index is -0.118. The van der Waals surface area contributed by atoms with Crippen molar-refractivity contribution in [3.05, 3.63) is 60.0 Å². The molecule has 4 aromatic rings. The van der Waals surface area contributed by atoms with Gasteiger partial charge >= 0.3 is 0 Å². The van der Waals surface area contributed by atoms with E-state index in [9.17, 15) is 4.79 Å². The Hall–Kier alpha value is -3.08. The van der Waals surface area contributed by atoms with E-state index in [1.807, 2.05) is 78.8 Å². The Labute approximate surface area is 139 Å². The largest absolute Gasteiger partial charge is 0.351 e. The Balaban J connectivity index is 1.64. The van der Waals surface area contributed by atoms with Crippen LogP contribution in [0.4, 0.5) is 5.69 Å². The third-order valence-electron chi connectivity index (χ3n) is 4.51. The zero-order chi connectivity index (χ0) is 16.8. The Morgan fingerprint density at radius 3 is 2.67 bits per heavy atom. The lowest BCUT2D eigenvalue weighted by Gasteiger charge is -2.06. The quantitative estimate of drug-likeness (QED) is 0.613. The fourth-order valence-electron chi connectivity index (χ4n) is 3.02. The van der Waals surface area contributed by atoms with Crippen molar-refractivity contribution in [2.45, 2.75) is 6.92 Å². The van der Waals surface area contributed by atoms with Crippen molar-refractivity contribution < 1.29 is 4.79 Å². The number of carbonyl (C=O) groups is 1. The van der Waals surface area contributed by atoms with Gasteiger partial charge in [-0.3, -0.25) is 4.79 Å². The van der Waals surface area contributed by atoms with E-state index in [0.717, 1.165) is 33.4 Å². The zero-order valence-corrected chi connectivity index (χ0v) is 13.9. The fourth-order valence-corrected chi connectivity index (χ4v) is 3.02. The standard InChI is InChI=1S/C19H18N4O/c1-12-20-16-11-15(5-7-18(16)23(12)3)21-19(24)14-4-6-17-13(10-14)8-9-22(17)2/h4-11H,1-3H3,(H,21,24). The maximum absolute atomic E-state index is 12.5. The van der Waals surface area contributed by atoms with E-state index in [-0.39, 0.29) is 5.91 Å². The lowest BCUT2D eigenvalue weighted by Crippen LogP contribution is -2.11. The van der Waals surface area contributed by atoms with Gasteiger partial charge in [-0.05, 0) is 49.4 Å². The summed E-state index contributed by atoms with van der Waals surface area (Å²) in [4.78, 5) is 17.0. The number of amides is 1. The molecule has 0 aliphatic carbocycles. The lowest BCUT2D eigenvalue weighted by molar-refractivity contribution is 0.102. The molecule has 5 nitrogen and oxygen atoms in total. The van der Waals surface area contributed by atoms with Gasteiger partial charge in [0, 0.05) is 42.4 Å². The van der Waals surface area contributed by atoms with E-state index in [4.69, 9.17) is 0 Å². The smallest absolute Gasteiger partial charge is 0.255 e. The molecule has 0 saturated heterocycles. The minimum Gasteiger partial charge on any atom is -0.351 e. The molecule has 5 heteroatoms. The third-order valence-corrected chi connectivity index (χ3v) is 4.51. The van der Waals surface area contributed by atoms with Gasteiger partial charge in [0.15, 0.2) is 0 Å². The molecule has 120 valence electrons. The predicted octanol–water partition coefficient (Wildman–Crippen LogP) is 3.63.